The SMILES string of the molecule is CCOc1ncnc2c1ncn2C1OC(COP(NC(C)C(=O)OCc2ccccc2C(F)(F)F)Oc2ccc(Cl)cc2)CC1C. The van der Waals surface area contributed by atoms with Crippen LogP contribution in [-0.2, 0) is 31.6 Å². The number of alkyl halides is 3. The van der Waals surface area contributed by atoms with E-state index in [9.17, 15) is 18.0 Å². The molecule has 11 nitrogen and oxygen atoms in total. The van der Waals surface area contributed by atoms with Crippen LogP contribution < -0.4 is 14.3 Å². The van der Waals surface area contributed by atoms with Crippen LogP contribution in [-0.4, -0.2) is 50.8 Å². The lowest BCUT2D eigenvalue weighted by Gasteiger charge is -2.23. The van der Waals surface area contributed by atoms with Gasteiger partial charge >= 0.3 is 20.7 Å². The maximum Gasteiger partial charge on any atom is 0.416 e. The number of carbonyl (C=O) groups excluding carboxylic acids is 1. The number of hydrogen-bond acceptors (Lipinski definition) is 10. The number of halogens is 4. The molecule has 246 valence electrons. The van der Waals surface area contributed by atoms with Gasteiger partial charge in [-0.25, -0.2) is 15.1 Å². The Bertz CT molecular complexity index is 1630. The molecule has 0 spiro atoms. The fourth-order valence-corrected chi connectivity index (χ4v) is 6.21. The number of benzene rings is 2. The van der Waals surface area contributed by atoms with Crippen molar-refractivity contribution in [2.75, 3.05) is 13.2 Å². The fraction of sp³-hybridized carbons (Fsp3) is 0.400. The third kappa shape index (κ3) is 8.23. The zero-order chi connectivity index (χ0) is 32.8. The molecule has 46 heavy (non-hydrogen) atoms. The maximum absolute atomic E-state index is 13.4. The van der Waals surface area contributed by atoms with Crippen LogP contribution in [0.5, 0.6) is 11.6 Å². The molecule has 5 unspecified atom stereocenters. The molecule has 0 radical (unpaired) electrons. The van der Waals surface area contributed by atoms with Crippen molar-refractivity contribution in [2.24, 2.45) is 5.92 Å². The summed E-state index contributed by atoms with van der Waals surface area (Å²) in [6.07, 6.45) is -1.59. The van der Waals surface area contributed by atoms with E-state index in [0.717, 1.165) is 6.07 Å². The summed E-state index contributed by atoms with van der Waals surface area (Å²) < 4.78 is 71.2. The Balaban J connectivity index is 1.23. The minimum Gasteiger partial charge on any atom is -0.476 e. The molecule has 2 aromatic heterocycles. The standard InChI is InChI=1S/C30H32ClF3N5O6P/c1-4-41-27-25-26(35-16-36-27)39(17-37-25)28-18(2)13-23(44-28)15-43-46(45-22-11-9-21(31)10-12-22)38-19(3)29(40)42-14-20-7-5-6-8-24(20)30(32,33)34/h5-12,16-19,23,28,38H,4,13-15H2,1-3H3. The molecule has 2 aromatic carbocycles. The van der Waals surface area contributed by atoms with Crippen molar-refractivity contribution in [1.82, 2.24) is 24.6 Å². The predicted molar refractivity (Wildman–Crippen MR) is 163 cm³/mol. The van der Waals surface area contributed by atoms with E-state index in [2.05, 4.69) is 20.0 Å². The quantitative estimate of drug-likeness (QED) is 0.118. The predicted octanol–water partition coefficient (Wildman–Crippen LogP) is 6.86. The lowest BCUT2D eigenvalue weighted by molar-refractivity contribution is -0.149. The highest BCUT2D eigenvalue weighted by Crippen LogP contribution is 2.41. The highest BCUT2D eigenvalue weighted by Gasteiger charge is 2.36. The first kappa shape index (κ1) is 33.8. The summed E-state index contributed by atoms with van der Waals surface area (Å²) in [7, 11) is -1.94. The molecule has 5 rings (SSSR count). The molecule has 5 atom stereocenters. The van der Waals surface area contributed by atoms with Crippen molar-refractivity contribution in [3.05, 3.63) is 77.3 Å². The molecule has 1 N–H and O–H groups in total. The molecule has 0 saturated carbocycles. The second kappa shape index (κ2) is 14.9. The molecule has 1 aliphatic heterocycles. The molecular formula is C30H32ClF3N5O6P. The van der Waals surface area contributed by atoms with E-state index in [1.807, 2.05) is 18.4 Å². The van der Waals surface area contributed by atoms with E-state index in [1.165, 1.54) is 31.5 Å². The van der Waals surface area contributed by atoms with Gasteiger partial charge in [-0.1, -0.05) is 36.7 Å². The minimum absolute atomic E-state index is 0.0707. The topological polar surface area (TPSA) is 119 Å². The smallest absolute Gasteiger partial charge is 0.416 e. The average Bonchev–Trinajstić information content (AvgIpc) is 3.62. The Labute approximate surface area is 269 Å². The van der Waals surface area contributed by atoms with Crippen molar-refractivity contribution in [2.45, 2.75) is 58.3 Å². The van der Waals surface area contributed by atoms with E-state index >= 15 is 0 Å². The van der Waals surface area contributed by atoms with Crippen LogP contribution in [0.4, 0.5) is 13.2 Å². The van der Waals surface area contributed by atoms with Gasteiger partial charge in [-0.05, 0) is 50.6 Å². The van der Waals surface area contributed by atoms with Crippen LogP contribution in [0, 0.1) is 5.92 Å². The first-order valence-corrected chi connectivity index (χ1v) is 16.0. The second-order valence-electron chi connectivity index (χ2n) is 10.5. The summed E-state index contributed by atoms with van der Waals surface area (Å²) in [6.45, 7) is 5.41. The van der Waals surface area contributed by atoms with Crippen LogP contribution in [0.2, 0.25) is 5.02 Å². The van der Waals surface area contributed by atoms with E-state index in [-0.39, 0.29) is 30.4 Å². The van der Waals surface area contributed by atoms with Crippen LogP contribution in [0.15, 0.2) is 61.2 Å². The Hall–Kier alpha value is -3.55. The zero-order valence-electron chi connectivity index (χ0n) is 25.1. The van der Waals surface area contributed by atoms with E-state index in [4.69, 9.17) is 34.9 Å². The third-order valence-electron chi connectivity index (χ3n) is 7.06. The Morgan fingerprint density at radius 3 is 2.67 bits per heavy atom. The summed E-state index contributed by atoms with van der Waals surface area (Å²) in [5, 5.41) is 3.47. The van der Waals surface area contributed by atoms with Gasteiger partial charge in [-0.2, -0.15) is 18.2 Å². The number of nitrogens with zero attached hydrogens (tertiary/aromatic N) is 4. The Morgan fingerprint density at radius 2 is 1.93 bits per heavy atom. The lowest BCUT2D eigenvalue weighted by Crippen LogP contribution is -2.34. The van der Waals surface area contributed by atoms with E-state index < -0.39 is 38.9 Å². The van der Waals surface area contributed by atoms with Crippen LogP contribution >= 0.6 is 20.1 Å². The summed E-state index contributed by atoms with van der Waals surface area (Å²) in [5.41, 5.74) is 0.0959. The van der Waals surface area contributed by atoms with Gasteiger partial charge in [0.25, 0.3) is 0 Å². The number of hydrogen-bond donors (Lipinski definition) is 1. The van der Waals surface area contributed by atoms with Crippen molar-refractivity contribution in [3.8, 4) is 11.6 Å². The molecule has 16 heteroatoms. The number of imidazole rings is 1. The number of nitrogens with one attached hydrogen (secondary N) is 1. The molecule has 3 heterocycles. The molecule has 1 fully saturated rings. The highest BCUT2D eigenvalue weighted by atomic mass is 35.5. The largest absolute Gasteiger partial charge is 0.476 e. The van der Waals surface area contributed by atoms with Gasteiger partial charge in [0.05, 0.1) is 31.2 Å². The Kier molecular flexibility index (Phi) is 11.0. The van der Waals surface area contributed by atoms with Gasteiger partial charge in [-0.3, -0.25) is 9.36 Å². The van der Waals surface area contributed by atoms with Gasteiger partial charge in [-0.15, -0.1) is 0 Å². The van der Waals surface area contributed by atoms with Crippen LogP contribution in [0.25, 0.3) is 11.2 Å². The van der Waals surface area contributed by atoms with Crippen molar-refractivity contribution in [3.63, 3.8) is 0 Å². The molecule has 1 aliphatic rings. The van der Waals surface area contributed by atoms with E-state index in [0.29, 0.717) is 40.8 Å². The average molecular weight is 682 g/mol. The fourth-order valence-electron chi connectivity index (χ4n) is 4.86. The van der Waals surface area contributed by atoms with Gasteiger partial charge in [0.1, 0.15) is 31.0 Å². The zero-order valence-corrected chi connectivity index (χ0v) is 26.8. The number of aromatic nitrogens is 4. The summed E-state index contributed by atoms with van der Waals surface area (Å²) in [5.74, 6) is 0.112. The van der Waals surface area contributed by atoms with Gasteiger partial charge in [0.2, 0.25) is 5.88 Å². The number of ether oxygens (including phenoxy) is 3. The third-order valence-corrected chi connectivity index (χ3v) is 8.67. The summed E-state index contributed by atoms with van der Waals surface area (Å²) in [4.78, 5) is 25.8. The normalized spacial score (nSPS) is 19.6. The number of carbonyl (C=O) groups is 1. The maximum atomic E-state index is 13.4. The van der Waals surface area contributed by atoms with Gasteiger partial charge < -0.3 is 23.3 Å². The van der Waals surface area contributed by atoms with Crippen molar-refractivity contribution < 1.29 is 41.2 Å². The highest BCUT2D eigenvalue weighted by molar-refractivity contribution is 7.45. The Morgan fingerprint density at radius 1 is 1.17 bits per heavy atom. The lowest BCUT2D eigenvalue weighted by atomic mass is 10.1. The van der Waals surface area contributed by atoms with Crippen molar-refractivity contribution >= 4 is 37.3 Å². The summed E-state index contributed by atoms with van der Waals surface area (Å²) >= 11 is 6.01. The van der Waals surface area contributed by atoms with Crippen LogP contribution in [0.3, 0.4) is 0 Å². The van der Waals surface area contributed by atoms with Gasteiger partial charge in [0, 0.05) is 16.5 Å². The first-order valence-electron chi connectivity index (χ1n) is 14.4. The molecular weight excluding hydrogens is 650 g/mol. The molecule has 1 saturated heterocycles. The van der Waals surface area contributed by atoms with Gasteiger partial charge in [0.15, 0.2) is 11.2 Å². The molecule has 0 bridgehead atoms. The summed E-state index contributed by atoms with van der Waals surface area (Å²) in [6, 6.07) is 10.5. The molecule has 0 amide bonds. The number of rotatable bonds is 13. The first-order chi connectivity index (χ1) is 22.0. The number of fused-ring (bicyclic) bond motifs is 1. The van der Waals surface area contributed by atoms with Crippen LogP contribution in [0.1, 0.15) is 44.5 Å². The molecule has 4 aromatic rings. The molecule has 0 aliphatic carbocycles. The van der Waals surface area contributed by atoms with Crippen molar-refractivity contribution in [1.29, 1.82) is 0 Å². The van der Waals surface area contributed by atoms with E-state index in [1.54, 1.807) is 30.6 Å². The monoisotopic (exact) mass is 681 g/mol. The minimum atomic E-state index is -4.58. The number of esters is 1. The second-order valence-corrected chi connectivity index (χ2v) is 12.2.